The number of carbonyl (C=O) groups excluding carboxylic acids is 1. The molecule has 5 heteroatoms. The average Bonchev–Trinajstić information content (AvgIpc) is 2.81. The van der Waals surface area contributed by atoms with Crippen LogP contribution in [0.1, 0.15) is 69.2 Å². The smallest absolute Gasteiger partial charge is 0.265 e. The number of halogens is 1. The van der Waals surface area contributed by atoms with Crippen molar-refractivity contribution in [3.63, 3.8) is 0 Å². The van der Waals surface area contributed by atoms with Gasteiger partial charge in [-0.05, 0) is 79.5 Å². The molecule has 1 N–H and O–H groups in total. The largest absolute Gasteiger partial charge is 0.490 e. The molecule has 0 saturated carbocycles. The fraction of sp³-hybridized carbons (Fsp3) is 0.444. The van der Waals surface area contributed by atoms with E-state index in [2.05, 4.69) is 5.32 Å². The van der Waals surface area contributed by atoms with Crippen molar-refractivity contribution in [2.75, 3.05) is 11.9 Å². The van der Waals surface area contributed by atoms with Crippen LogP contribution in [0.5, 0.6) is 11.5 Å². The summed E-state index contributed by atoms with van der Waals surface area (Å²) in [4.78, 5) is 12.3. The maximum atomic E-state index is 15.4. The number of fused-ring (bicyclic) bond motifs is 1. The fourth-order valence-electron chi connectivity index (χ4n) is 4.36. The molecule has 1 unspecified atom stereocenters. The van der Waals surface area contributed by atoms with Crippen molar-refractivity contribution in [2.24, 2.45) is 0 Å². The Morgan fingerprint density at radius 3 is 2.44 bits per heavy atom. The van der Waals surface area contributed by atoms with Gasteiger partial charge in [0.25, 0.3) is 5.91 Å². The molecule has 3 rings (SSSR count). The van der Waals surface area contributed by atoms with Crippen LogP contribution in [-0.4, -0.2) is 18.6 Å². The van der Waals surface area contributed by atoms with Gasteiger partial charge >= 0.3 is 0 Å². The third-order valence-electron chi connectivity index (χ3n) is 5.99. The zero-order valence-corrected chi connectivity index (χ0v) is 19.4. The molecule has 0 spiro atoms. The lowest BCUT2D eigenvalue weighted by Crippen LogP contribution is -2.37. The zero-order valence-electron chi connectivity index (χ0n) is 19.4. The molecular weight excluding hydrogens is 405 g/mol. The second kappa shape index (κ2) is 10.7. The number of carbonyl (C=O) groups is 1. The van der Waals surface area contributed by atoms with Crippen LogP contribution in [0.3, 0.4) is 0 Å². The number of anilines is 1. The predicted octanol–water partition coefficient (Wildman–Crippen LogP) is 6.17. The summed E-state index contributed by atoms with van der Waals surface area (Å²) in [5.41, 5.74) is 4.37. The Morgan fingerprint density at radius 2 is 1.78 bits per heavy atom. The minimum atomic E-state index is -0.596. The van der Waals surface area contributed by atoms with E-state index < -0.39 is 6.10 Å². The topological polar surface area (TPSA) is 47.6 Å². The van der Waals surface area contributed by atoms with Crippen LogP contribution in [-0.2, 0) is 24.1 Å². The highest BCUT2D eigenvalue weighted by Crippen LogP contribution is 2.38. The van der Waals surface area contributed by atoms with Gasteiger partial charge in [0.2, 0.25) is 0 Å². The number of rotatable bonds is 10. The summed E-state index contributed by atoms with van der Waals surface area (Å²) in [5.74, 6) is 0.426. The highest BCUT2D eigenvalue weighted by atomic mass is 19.1. The Bertz CT molecular complexity index is 999. The second-order valence-electron chi connectivity index (χ2n) is 7.93. The standard InChI is InChI=1S/C27H32FNO3/c1-6-17(5)24-18(7-2)19(8-3)25(28)26(20(24)9-4)31-16-12-15-23-27(30)29-21-13-10-11-14-22(21)32-23/h10-11,13-14,23H,6-9,12,15-16H2,1-4H3,(H,29,30). The molecule has 4 nitrogen and oxygen atoms in total. The van der Waals surface area contributed by atoms with Gasteiger partial charge in [-0.1, -0.05) is 39.8 Å². The van der Waals surface area contributed by atoms with Crippen molar-refractivity contribution < 1.29 is 18.7 Å². The Hall–Kier alpha value is -2.82. The summed E-state index contributed by atoms with van der Waals surface area (Å²) in [7, 11) is 0. The van der Waals surface area contributed by atoms with Gasteiger partial charge in [-0.3, -0.25) is 4.79 Å². The number of hydrogen-bond donors (Lipinski definition) is 1. The minimum absolute atomic E-state index is 0.177. The van der Waals surface area contributed by atoms with Crippen molar-refractivity contribution in [3.8, 4) is 11.5 Å². The number of hydrogen-bond acceptors (Lipinski definition) is 3. The fourth-order valence-corrected chi connectivity index (χ4v) is 4.36. The third-order valence-corrected chi connectivity index (χ3v) is 5.99. The Balaban J connectivity index is 1.76. The van der Waals surface area contributed by atoms with Crippen LogP contribution in [0.15, 0.2) is 24.3 Å². The molecule has 1 aliphatic heterocycles. The second-order valence-corrected chi connectivity index (χ2v) is 7.93. The normalized spacial score (nSPS) is 15.0. The van der Waals surface area contributed by atoms with Crippen LogP contribution in [0.4, 0.5) is 10.1 Å². The van der Waals surface area contributed by atoms with E-state index in [-0.39, 0.29) is 24.1 Å². The van der Waals surface area contributed by atoms with Crippen molar-refractivity contribution in [3.05, 3.63) is 58.9 Å². The zero-order chi connectivity index (χ0) is 23.3. The summed E-state index contributed by atoms with van der Waals surface area (Å²) in [6.07, 6.45) is 2.82. The molecule has 2 aromatic carbocycles. The minimum Gasteiger partial charge on any atom is -0.490 e. The van der Waals surface area contributed by atoms with E-state index in [4.69, 9.17) is 16.1 Å². The molecule has 1 atom stereocenters. The van der Waals surface area contributed by atoms with Gasteiger partial charge in [-0.15, -0.1) is 0 Å². The first-order valence-electron chi connectivity index (χ1n) is 11.6. The van der Waals surface area contributed by atoms with Crippen LogP contribution in [0.2, 0.25) is 0 Å². The van der Waals surface area contributed by atoms with E-state index in [1.165, 1.54) is 0 Å². The van der Waals surface area contributed by atoms with Crippen LogP contribution >= 0.6 is 0 Å². The van der Waals surface area contributed by atoms with E-state index in [9.17, 15) is 4.79 Å². The predicted molar refractivity (Wildman–Crippen MR) is 126 cm³/mol. The number of nitrogens with one attached hydrogen (secondary N) is 1. The summed E-state index contributed by atoms with van der Waals surface area (Å²) < 4.78 is 27.2. The lowest BCUT2D eigenvalue weighted by molar-refractivity contribution is -0.123. The highest BCUT2D eigenvalue weighted by molar-refractivity contribution is 5.97. The molecule has 0 bridgehead atoms. The molecule has 0 aliphatic carbocycles. The van der Waals surface area contributed by atoms with Gasteiger partial charge in [-0.25, -0.2) is 4.39 Å². The van der Waals surface area contributed by atoms with Crippen molar-refractivity contribution >= 4 is 17.2 Å². The van der Waals surface area contributed by atoms with Crippen molar-refractivity contribution in [1.82, 2.24) is 0 Å². The van der Waals surface area contributed by atoms with E-state index in [1.54, 1.807) is 6.07 Å². The number of allylic oxidation sites excluding steroid dienone is 1. The van der Waals surface area contributed by atoms with Crippen LogP contribution < -0.4 is 14.8 Å². The molecular formula is C27H32FNO3. The molecule has 1 amide bonds. The van der Waals surface area contributed by atoms with Gasteiger partial charge in [0, 0.05) is 5.56 Å². The lowest BCUT2D eigenvalue weighted by atomic mass is 9.86. The average molecular weight is 438 g/mol. The monoisotopic (exact) mass is 437 g/mol. The molecule has 1 heterocycles. The van der Waals surface area contributed by atoms with E-state index >= 15 is 4.39 Å². The summed E-state index contributed by atoms with van der Waals surface area (Å²) in [6.45, 7) is 16.6. The highest BCUT2D eigenvalue weighted by Gasteiger charge is 2.27. The van der Waals surface area contributed by atoms with Gasteiger partial charge in [-0.2, -0.15) is 0 Å². The Labute approximate surface area is 190 Å². The number of ether oxygens (including phenoxy) is 2. The molecule has 170 valence electrons. The maximum absolute atomic E-state index is 15.4. The summed E-state index contributed by atoms with van der Waals surface area (Å²) in [6, 6.07) is 7.34. The molecule has 1 aliphatic rings. The Morgan fingerprint density at radius 1 is 1.09 bits per heavy atom. The van der Waals surface area contributed by atoms with E-state index in [0.717, 1.165) is 16.7 Å². The van der Waals surface area contributed by atoms with Gasteiger partial charge in [0.1, 0.15) is 5.75 Å². The number of benzene rings is 2. The SMILES string of the molecule is [C]=C(CC)c1c(CC)c(CC)c(F)c(OCCCC2Oc3ccccc3NC2=O)c1CC. The molecule has 32 heavy (non-hydrogen) atoms. The van der Waals surface area contributed by atoms with Crippen molar-refractivity contribution in [2.45, 2.75) is 72.3 Å². The number of para-hydroxylation sites is 2. The van der Waals surface area contributed by atoms with Crippen LogP contribution in [0, 0.1) is 12.4 Å². The van der Waals surface area contributed by atoms with Crippen molar-refractivity contribution in [1.29, 1.82) is 0 Å². The van der Waals surface area contributed by atoms with Gasteiger partial charge in [0.15, 0.2) is 17.7 Å². The van der Waals surface area contributed by atoms with Gasteiger partial charge < -0.3 is 14.8 Å². The van der Waals surface area contributed by atoms with Crippen LogP contribution in [0.25, 0.3) is 5.57 Å². The quantitative estimate of drug-likeness (QED) is 0.452. The summed E-state index contributed by atoms with van der Waals surface area (Å²) >= 11 is 0. The first kappa shape index (κ1) is 23.8. The lowest BCUT2D eigenvalue weighted by Gasteiger charge is -2.26. The number of amides is 1. The summed E-state index contributed by atoms with van der Waals surface area (Å²) in [5, 5.41) is 2.86. The molecule has 0 fully saturated rings. The first-order chi connectivity index (χ1) is 15.5. The maximum Gasteiger partial charge on any atom is 0.265 e. The molecule has 2 aromatic rings. The van der Waals surface area contributed by atoms with E-state index in [0.29, 0.717) is 61.1 Å². The molecule has 0 saturated heterocycles. The molecule has 2 radical (unpaired) electrons. The molecule has 0 aromatic heterocycles. The first-order valence-corrected chi connectivity index (χ1v) is 11.6. The Kier molecular flexibility index (Phi) is 7.94. The third kappa shape index (κ3) is 4.67. The van der Waals surface area contributed by atoms with Gasteiger partial charge in [0.05, 0.1) is 12.3 Å². The van der Waals surface area contributed by atoms with E-state index in [1.807, 2.05) is 45.9 Å².